The number of nitrogens with one attached hydrogen (secondary N) is 1. The lowest BCUT2D eigenvalue weighted by Gasteiger charge is -2.22. The summed E-state index contributed by atoms with van der Waals surface area (Å²) >= 11 is 1.71. The number of carbonyl (C=O) groups is 1. The Balaban J connectivity index is 2.35. The zero-order valence-electron chi connectivity index (χ0n) is 10.5. The number of fused-ring (bicyclic) bond motifs is 1. The molecule has 0 saturated carbocycles. The minimum absolute atomic E-state index is 0.0607. The summed E-state index contributed by atoms with van der Waals surface area (Å²) in [5, 5.41) is 15.5. The van der Waals surface area contributed by atoms with Gasteiger partial charge in [-0.05, 0) is 35.4 Å². The molecule has 0 radical (unpaired) electrons. The zero-order chi connectivity index (χ0) is 13.1. The van der Waals surface area contributed by atoms with Crippen LogP contribution in [0.4, 0.5) is 0 Å². The van der Waals surface area contributed by atoms with Crippen molar-refractivity contribution < 1.29 is 9.90 Å². The molecule has 0 aliphatic rings. The van der Waals surface area contributed by atoms with Gasteiger partial charge in [-0.1, -0.05) is 25.1 Å². The van der Waals surface area contributed by atoms with Gasteiger partial charge in [0.05, 0.1) is 0 Å². The van der Waals surface area contributed by atoms with E-state index in [-0.39, 0.29) is 18.4 Å². The minimum atomic E-state index is -0.748. The zero-order valence-corrected chi connectivity index (χ0v) is 11.3. The van der Waals surface area contributed by atoms with Gasteiger partial charge in [-0.2, -0.15) is 0 Å². The van der Waals surface area contributed by atoms with Crippen LogP contribution < -0.4 is 5.32 Å². The van der Waals surface area contributed by atoms with Crippen LogP contribution in [0.2, 0.25) is 0 Å². The average Bonchev–Trinajstić information content (AvgIpc) is 2.73. The van der Waals surface area contributed by atoms with E-state index in [9.17, 15) is 4.79 Å². The SMILES string of the molecule is CNC(c1csc2ccccc12)C(C)CC(=O)O. The maximum absolute atomic E-state index is 10.8. The van der Waals surface area contributed by atoms with Crippen molar-refractivity contribution in [3.05, 3.63) is 35.2 Å². The van der Waals surface area contributed by atoms with E-state index in [0.717, 1.165) is 0 Å². The summed E-state index contributed by atoms with van der Waals surface area (Å²) < 4.78 is 1.25. The van der Waals surface area contributed by atoms with Gasteiger partial charge in [0, 0.05) is 17.2 Å². The number of rotatable bonds is 5. The average molecular weight is 263 g/mol. The lowest BCUT2D eigenvalue weighted by molar-refractivity contribution is -0.138. The van der Waals surface area contributed by atoms with Gasteiger partial charge in [-0.25, -0.2) is 0 Å². The first kappa shape index (κ1) is 13.1. The van der Waals surface area contributed by atoms with Gasteiger partial charge in [0.2, 0.25) is 0 Å². The van der Waals surface area contributed by atoms with Gasteiger partial charge < -0.3 is 10.4 Å². The summed E-state index contributed by atoms with van der Waals surface area (Å²) in [5.74, 6) is -0.687. The Labute approximate surface area is 110 Å². The van der Waals surface area contributed by atoms with E-state index >= 15 is 0 Å². The van der Waals surface area contributed by atoms with Crippen LogP contribution in [-0.2, 0) is 4.79 Å². The van der Waals surface area contributed by atoms with Crippen molar-refractivity contribution in [2.75, 3.05) is 7.05 Å². The largest absolute Gasteiger partial charge is 0.481 e. The van der Waals surface area contributed by atoms with E-state index in [0.29, 0.717) is 0 Å². The second kappa shape index (κ2) is 5.50. The van der Waals surface area contributed by atoms with Crippen LogP contribution in [0, 0.1) is 5.92 Å². The Hall–Kier alpha value is -1.39. The van der Waals surface area contributed by atoms with Crippen LogP contribution in [0.3, 0.4) is 0 Å². The Kier molecular flexibility index (Phi) is 3.99. The molecule has 2 aromatic rings. The van der Waals surface area contributed by atoms with Gasteiger partial charge in [0.15, 0.2) is 0 Å². The maximum Gasteiger partial charge on any atom is 0.303 e. The van der Waals surface area contributed by atoms with Crippen molar-refractivity contribution in [3.8, 4) is 0 Å². The molecule has 1 heterocycles. The van der Waals surface area contributed by atoms with Crippen LogP contribution in [0.15, 0.2) is 29.6 Å². The number of carboxylic acid groups (broad SMARTS) is 1. The van der Waals surface area contributed by atoms with Crippen molar-refractivity contribution in [2.45, 2.75) is 19.4 Å². The minimum Gasteiger partial charge on any atom is -0.481 e. The highest BCUT2D eigenvalue weighted by molar-refractivity contribution is 7.17. The van der Waals surface area contributed by atoms with Gasteiger partial charge in [0.1, 0.15) is 0 Å². The molecule has 1 aromatic heterocycles. The number of hydrogen-bond acceptors (Lipinski definition) is 3. The Morgan fingerprint density at radius 1 is 1.44 bits per heavy atom. The summed E-state index contributed by atoms with van der Waals surface area (Å²) in [5.41, 5.74) is 1.20. The van der Waals surface area contributed by atoms with Crippen LogP contribution in [0.25, 0.3) is 10.1 Å². The summed E-state index contributed by atoms with van der Waals surface area (Å²) in [6.07, 6.45) is 0.176. The molecule has 18 heavy (non-hydrogen) atoms. The molecule has 0 amide bonds. The van der Waals surface area contributed by atoms with Gasteiger partial charge in [-0.3, -0.25) is 4.79 Å². The van der Waals surface area contributed by atoms with Crippen molar-refractivity contribution in [3.63, 3.8) is 0 Å². The van der Waals surface area contributed by atoms with Crippen molar-refractivity contribution >= 4 is 27.4 Å². The van der Waals surface area contributed by atoms with E-state index in [4.69, 9.17) is 5.11 Å². The van der Waals surface area contributed by atoms with Crippen LogP contribution in [-0.4, -0.2) is 18.1 Å². The highest BCUT2D eigenvalue weighted by Gasteiger charge is 2.22. The van der Waals surface area contributed by atoms with E-state index in [1.807, 2.05) is 26.1 Å². The van der Waals surface area contributed by atoms with E-state index in [1.165, 1.54) is 15.6 Å². The molecule has 2 rings (SSSR count). The first-order chi connectivity index (χ1) is 8.63. The highest BCUT2D eigenvalue weighted by Crippen LogP contribution is 2.34. The third-order valence-electron chi connectivity index (χ3n) is 3.22. The molecule has 3 nitrogen and oxygen atoms in total. The highest BCUT2D eigenvalue weighted by atomic mass is 32.1. The monoisotopic (exact) mass is 263 g/mol. The first-order valence-corrected chi connectivity index (χ1v) is 6.86. The van der Waals surface area contributed by atoms with E-state index in [1.54, 1.807) is 11.3 Å². The van der Waals surface area contributed by atoms with E-state index < -0.39 is 5.97 Å². The third-order valence-corrected chi connectivity index (χ3v) is 4.20. The fourth-order valence-electron chi connectivity index (χ4n) is 2.38. The number of carboxylic acids is 1. The maximum atomic E-state index is 10.8. The Bertz CT molecular complexity index is 549. The second-order valence-corrected chi connectivity index (χ2v) is 5.44. The van der Waals surface area contributed by atoms with Crippen LogP contribution in [0.1, 0.15) is 24.9 Å². The Morgan fingerprint density at radius 3 is 2.83 bits per heavy atom. The summed E-state index contributed by atoms with van der Waals surface area (Å²) in [6, 6.07) is 8.32. The number of benzene rings is 1. The standard InChI is InChI=1S/C14H17NO2S/c1-9(7-13(16)17)14(15-2)11-8-18-12-6-4-3-5-10(11)12/h3-6,8-9,14-15H,7H2,1-2H3,(H,16,17). The Morgan fingerprint density at radius 2 is 2.17 bits per heavy atom. The summed E-state index contributed by atoms with van der Waals surface area (Å²) in [6.45, 7) is 1.97. The molecule has 0 aliphatic carbocycles. The molecule has 0 aliphatic heterocycles. The first-order valence-electron chi connectivity index (χ1n) is 5.98. The van der Waals surface area contributed by atoms with Gasteiger partial charge in [-0.15, -0.1) is 11.3 Å². The number of thiophene rings is 1. The van der Waals surface area contributed by atoms with Crippen molar-refractivity contribution in [1.29, 1.82) is 0 Å². The van der Waals surface area contributed by atoms with Gasteiger partial charge in [0.25, 0.3) is 0 Å². The molecule has 0 spiro atoms. The van der Waals surface area contributed by atoms with Crippen LogP contribution in [0.5, 0.6) is 0 Å². The number of hydrogen-bond donors (Lipinski definition) is 2. The van der Waals surface area contributed by atoms with Crippen molar-refractivity contribution in [2.24, 2.45) is 5.92 Å². The molecule has 2 N–H and O–H groups in total. The molecule has 2 unspecified atom stereocenters. The topological polar surface area (TPSA) is 49.3 Å². The lowest BCUT2D eigenvalue weighted by Crippen LogP contribution is -2.25. The molecular weight excluding hydrogens is 246 g/mol. The normalized spacial score (nSPS) is 14.6. The lowest BCUT2D eigenvalue weighted by atomic mass is 9.92. The fraction of sp³-hybridized carbons (Fsp3) is 0.357. The van der Waals surface area contributed by atoms with Crippen LogP contribution >= 0.6 is 11.3 Å². The number of aliphatic carboxylic acids is 1. The molecule has 96 valence electrons. The molecule has 2 atom stereocenters. The van der Waals surface area contributed by atoms with Gasteiger partial charge >= 0.3 is 5.97 Å². The molecule has 0 saturated heterocycles. The third kappa shape index (κ3) is 2.54. The predicted octanol–water partition coefficient (Wildman–Crippen LogP) is 3.27. The van der Waals surface area contributed by atoms with Crippen molar-refractivity contribution in [1.82, 2.24) is 5.32 Å². The molecular formula is C14H17NO2S. The molecule has 0 bridgehead atoms. The second-order valence-electron chi connectivity index (χ2n) is 4.53. The fourth-order valence-corrected chi connectivity index (χ4v) is 3.38. The molecule has 1 aromatic carbocycles. The summed E-state index contributed by atoms with van der Waals surface area (Å²) in [4.78, 5) is 10.8. The summed E-state index contributed by atoms with van der Waals surface area (Å²) in [7, 11) is 1.88. The quantitative estimate of drug-likeness (QED) is 0.870. The predicted molar refractivity (Wildman–Crippen MR) is 75.0 cm³/mol. The molecule has 0 fully saturated rings. The van der Waals surface area contributed by atoms with E-state index in [2.05, 4.69) is 22.8 Å². The molecule has 4 heteroatoms. The smallest absolute Gasteiger partial charge is 0.303 e.